The van der Waals surface area contributed by atoms with Gasteiger partial charge >= 0.3 is 0 Å². The summed E-state index contributed by atoms with van der Waals surface area (Å²) in [6, 6.07) is 10.4. The van der Waals surface area contributed by atoms with Gasteiger partial charge in [0.1, 0.15) is 0 Å². The van der Waals surface area contributed by atoms with E-state index in [0.29, 0.717) is 17.8 Å². The number of hydrazone groups is 1. The van der Waals surface area contributed by atoms with E-state index in [1.54, 1.807) is 24.3 Å². The van der Waals surface area contributed by atoms with Crippen molar-refractivity contribution >= 4 is 23.2 Å². The maximum Gasteiger partial charge on any atom is 0.291 e. The van der Waals surface area contributed by atoms with E-state index in [9.17, 15) is 9.59 Å². The van der Waals surface area contributed by atoms with Crippen LogP contribution in [0.15, 0.2) is 52.2 Å². The van der Waals surface area contributed by atoms with Gasteiger partial charge < -0.3 is 9.73 Å². The Labute approximate surface area is 140 Å². The summed E-state index contributed by atoms with van der Waals surface area (Å²) in [5.74, 6) is 0.132. The molecule has 6 heteroatoms. The lowest BCUT2D eigenvalue weighted by atomic mass is 10.1. The van der Waals surface area contributed by atoms with Crippen LogP contribution in [0.3, 0.4) is 0 Å². The molecule has 0 spiro atoms. The number of amides is 2. The van der Waals surface area contributed by atoms with Crippen molar-refractivity contribution in [3.05, 3.63) is 54.0 Å². The maximum atomic E-state index is 11.9. The first-order valence-corrected chi connectivity index (χ1v) is 7.74. The van der Waals surface area contributed by atoms with Crippen LogP contribution < -0.4 is 10.7 Å². The average Bonchev–Trinajstić information content (AvgIpc) is 3.07. The second-order valence-electron chi connectivity index (χ2n) is 5.84. The zero-order valence-corrected chi connectivity index (χ0v) is 14.0. The number of hydrogen-bond acceptors (Lipinski definition) is 4. The third-order valence-electron chi connectivity index (χ3n) is 3.25. The summed E-state index contributed by atoms with van der Waals surface area (Å²) in [7, 11) is 0. The molecule has 2 aromatic rings. The van der Waals surface area contributed by atoms with Gasteiger partial charge in [0.25, 0.3) is 5.91 Å². The van der Waals surface area contributed by atoms with Crippen LogP contribution >= 0.6 is 0 Å². The van der Waals surface area contributed by atoms with Crippen LogP contribution in [0.25, 0.3) is 0 Å². The summed E-state index contributed by atoms with van der Waals surface area (Å²) < 4.78 is 5.04. The van der Waals surface area contributed by atoms with Crippen LogP contribution in [0.2, 0.25) is 0 Å². The van der Waals surface area contributed by atoms with Crippen LogP contribution in [0.4, 0.5) is 5.69 Å². The molecule has 6 nitrogen and oxygen atoms in total. The van der Waals surface area contributed by atoms with E-state index in [0.717, 1.165) is 5.56 Å². The lowest BCUT2D eigenvalue weighted by molar-refractivity contribution is -0.121. The topological polar surface area (TPSA) is 83.7 Å². The molecule has 0 atom stereocenters. The first-order valence-electron chi connectivity index (χ1n) is 7.74. The van der Waals surface area contributed by atoms with E-state index in [1.165, 1.54) is 6.26 Å². The van der Waals surface area contributed by atoms with E-state index >= 15 is 0 Å². The largest absolute Gasteiger partial charge is 0.459 e. The molecule has 0 unspecified atom stereocenters. The van der Waals surface area contributed by atoms with Crippen LogP contribution in [-0.2, 0) is 4.79 Å². The number of benzene rings is 1. The molecule has 0 radical (unpaired) electrons. The molecule has 0 saturated carbocycles. The van der Waals surface area contributed by atoms with Crippen LogP contribution in [0.5, 0.6) is 0 Å². The Morgan fingerprint density at radius 2 is 1.88 bits per heavy atom. The molecular weight excluding hydrogens is 306 g/mol. The van der Waals surface area contributed by atoms with Gasteiger partial charge in [0.15, 0.2) is 5.76 Å². The predicted octanol–water partition coefficient (Wildman–Crippen LogP) is 3.42. The number of nitrogens with zero attached hydrogens (tertiary/aromatic N) is 1. The van der Waals surface area contributed by atoms with Gasteiger partial charge in [0.05, 0.1) is 12.0 Å². The number of hydrogen-bond donors (Lipinski definition) is 2. The minimum absolute atomic E-state index is 0.105. The van der Waals surface area contributed by atoms with Crippen molar-refractivity contribution in [1.82, 2.24) is 5.43 Å². The Morgan fingerprint density at radius 3 is 2.46 bits per heavy atom. The number of furan rings is 1. The summed E-state index contributed by atoms with van der Waals surface area (Å²) in [4.78, 5) is 23.5. The Morgan fingerprint density at radius 1 is 1.17 bits per heavy atom. The van der Waals surface area contributed by atoms with Crippen molar-refractivity contribution in [2.24, 2.45) is 11.0 Å². The van der Waals surface area contributed by atoms with Gasteiger partial charge in [0.2, 0.25) is 5.91 Å². The molecule has 24 heavy (non-hydrogen) atoms. The van der Waals surface area contributed by atoms with Gasteiger partial charge in [-0.25, -0.2) is 5.43 Å². The van der Waals surface area contributed by atoms with Gasteiger partial charge in [-0.3, -0.25) is 9.59 Å². The van der Waals surface area contributed by atoms with Crippen LogP contribution in [-0.4, -0.2) is 17.5 Å². The smallest absolute Gasteiger partial charge is 0.291 e. The highest BCUT2D eigenvalue weighted by Crippen LogP contribution is 2.12. The summed E-state index contributed by atoms with van der Waals surface area (Å²) in [5.41, 5.74) is 4.74. The van der Waals surface area contributed by atoms with Gasteiger partial charge in [-0.15, -0.1) is 0 Å². The molecule has 0 aliphatic heterocycles. The molecule has 0 bridgehead atoms. The van der Waals surface area contributed by atoms with Crippen molar-refractivity contribution in [1.29, 1.82) is 0 Å². The fourth-order valence-corrected chi connectivity index (χ4v) is 2.02. The molecule has 2 amide bonds. The standard InChI is InChI=1S/C18H21N3O3/c1-12(2)11-17(22)21-20-13(3)14-6-8-15(9-7-14)19-18(23)16-5-4-10-24-16/h4-10,12H,11H2,1-3H3,(H,19,23)(H,21,22). The first-order chi connectivity index (χ1) is 11.5. The van der Waals surface area contributed by atoms with E-state index in [2.05, 4.69) is 15.8 Å². The quantitative estimate of drug-likeness (QED) is 0.630. The normalized spacial score (nSPS) is 11.4. The third-order valence-corrected chi connectivity index (χ3v) is 3.25. The van der Waals surface area contributed by atoms with Crippen molar-refractivity contribution in [3.8, 4) is 0 Å². The Balaban J connectivity index is 1.95. The zero-order chi connectivity index (χ0) is 17.5. The summed E-state index contributed by atoms with van der Waals surface area (Å²) in [6.07, 6.45) is 1.89. The predicted molar refractivity (Wildman–Crippen MR) is 92.9 cm³/mol. The van der Waals surface area contributed by atoms with Crippen LogP contribution in [0.1, 0.15) is 43.3 Å². The highest BCUT2D eigenvalue weighted by Gasteiger charge is 2.09. The summed E-state index contributed by atoms with van der Waals surface area (Å²) >= 11 is 0. The third kappa shape index (κ3) is 5.08. The molecule has 0 aliphatic carbocycles. The summed E-state index contributed by atoms with van der Waals surface area (Å²) in [6.45, 7) is 5.77. The van der Waals surface area contributed by atoms with Crippen LogP contribution in [0, 0.1) is 5.92 Å². The number of rotatable bonds is 6. The van der Waals surface area contributed by atoms with Gasteiger partial charge in [-0.1, -0.05) is 26.0 Å². The molecule has 1 heterocycles. The number of carbonyl (C=O) groups excluding carboxylic acids is 2. The molecule has 2 rings (SSSR count). The lowest BCUT2D eigenvalue weighted by Crippen LogP contribution is -2.20. The van der Waals surface area contributed by atoms with Gasteiger partial charge in [-0.05, 0) is 42.7 Å². The molecule has 126 valence electrons. The van der Waals surface area contributed by atoms with Gasteiger partial charge in [-0.2, -0.15) is 5.10 Å². The molecule has 2 N–H and O–H groups in total. The maximum absolute atomic E-state index is 11.9. The minimum Gasteiger partial charge on any atom is -0.459 e. The van der Waals surface area contributed by atoms with E-state index in [1.807, 2.05) is 32.9 Å². The molecule has 0 fully saturated rings. The Bertz CT molecular complexity index is 716. The minimum atomic E-state index is -0.306. The van der Waals surface area contributed by atoms with E-state index in [-0.39, 0.29) is 23.5 Å². The van der Waals surface area contributed by atoms with Crippen molar-refractivity contribution in [3.63, 3.8) is 0 Å². The van der Waals surface area contributed by atoms with E-state index in [4.69, 9.17) is 4.42 Å². The van der Waals surface area contributed by atoms with Crippen molar-refractivity contribution < 1.29 is 14.0 Å². The zero-order valence-electron chi connectivity index (χ0n) is 14.0. The second-order valence-corrected chi connectivity index (χ2v) is 5.84. The Hall–Kier alpha value is -2.89. The fraction of sp³-hybridized carbons (Fsp3) is 0.278. The van der Waals surface area contributed by atoms with Crippen molar-refractivity contribution in [2.45, 2.75) is 27.2 Å². The highest BCUT2D eigenvalue weighted by atomic mass is 16.3. The average molecular weight is 327 g/mol. The molecule has 1 aromatic heterocycles. The lowest BCUT2D eigenvalue weighted by Gasteiger charge is -2.06. The first kappa shape index (κ1) is 17.5. The molecule has 0 saturated heterocycles. The van der Waals surface area contributed by atoms with E-state index < -0.39 is 0 Å². The molecule has 1 aromatic carbocycles. The van der Waals surface area contributed by atoms with Gasteiger partial charge in [0, 0.05) is 12.1 Å². The highest BCUT2D eigenvalue weighted by molar-refractivity contribution is 6.03. The Kier molecular flexibility index (Phi) is 5.89. The molecular formula is C18H21N3O3. The number of carbonyl (C=O) groups is 2. The second kappa shape index (κ2) is 8.10. The number of nitrogens with one attached hydrogen (secondary N) is 2. The molecule has 0 aliphatic rings. The number of anilines is 1. The summed E-state index contributed by atoms with van der Waals surface area (Å²) in [5, 5.41) is 6.83. The SMILES string of the molecule is CC(=NNC(=O)CC(C)C)c1ccc(NC(=O)c2ccco2)cc1. The fourth-order valence-electron chi connectivity index (χ4n) is 2.02. The monoisotopic (exact) mass is 327 g/mol. The van der Waals surface area contributed by atoms with Crippen molar-refractivity contribution in [2.75, 3.05) is 5.32 Å².